The van der Waals surface area contributed by atoms with E-state index in [9.17, 15) is 9.90 Å². The molecular formula is C13H14Cl2CsNO3. The number of benzene rings is 1. The molecule has 104 valence electrons. The van der Waals surface area contributed by atoms with Crippen LogP contribution in [0.3, 0.4) is 0 Å². The number of carbonyl (C=O) groups excluding carboxylic acids is 1. The van der Waals surface area contributed by atoms with Crippen molar-refractivity contribution in [3.05, 3.63) is 27.7 Å². The summed E-state index contributed by atoms with van der Waals surface area (Å²) in [7, 11) is 0. The minimum Gasteiger partial charge on any atom is -0.545 e. The van der Waals surface area contributed by atoms with E-state index in [4.69, 9.17) is 27.9 Å². The summed E-state index contributed by atoms with van der Waals surface area (Å²) < 4.78 is 5.52. The number of ether oxygens (including phenoxy) is 1. The molecule has 0 aromatic heterocycles. The second kappa shape index (κ2) is 9.27. The molecule has 0 unspecified atom stereocenters. The normalized spacial score (nSPS) is 14.9. The van der Waals surface area contributed by atoms with Crippen LogP contribution in [0, 0.1) is 0 Å². The summed E-state index contributed by atoms with van der Waals surface area (Å²) in [4.78, 5) is 13.2. The standard InChI is InChI=1S/C13H15Cl2NO3.Cs/c14-9-3-4-10(12(15)11(9)13(17)18)19-8-7-16-5-1-2-6-16;/h3-4H,1-2,5-8H2,(H,17,18);/q;+1/p-1. The van der Waals surface area contributed by atoms with Gasteiger partial charge in [0.1, 0.15) is 12.4 Å². The van der Waals surface area contributed by atoms with Crippen LogP contribution in [0.25, 0.3) is 0 Å². The Bertz CT molecular complexity index is 479. The fourth-order valence-electron chi connectivity index (χ4n) is 2.12. The predicted molar refractivity (Wildman–Crippen MR) is 72.0 cm³/mol. The smallest absolute Gasteiger partial charge is 0.545 e. The van der Waals surface area contributed by atoms with Crippen LogP contribution in [-0.4, -0.2) is 37.1 Å². The van der Waals surface area contributed by atoms with Gasteiger partial charge in [0.25, 0.3) is 0 Å². The maximum atomic E-state index is 10.9. The number of hydrogen-bond acceptors (Lipinski definition) is 4. The number of carboxylic acid groups (broad SMARTS) is 1. The Morgan fingerprint density at radius 1 is 1.30 bits per heavy atom. The molecule has 0 aliphatic carbocycles. The van der Waals surface area contributed by atoms with Crippen LogP contribution in [0.4, 0.5) is 0 Å². The molecule has 0 radical (unpaired) electrons. The van der Waals surface area contributed by atoms with Gasteiger partial charge in [0, 0.05) is 12.1 Å². The first-order valence-corrected chi connectivity index (χ1v) is 6.89. The fraction of sp³-hybridized carbons (Fsp3) is 0.462. The molecule has 7 heteroatoms. The van der Waals surface area contributed by atoms with Crippen LogP contribution in [0.5, 0.6) is 5.75 Å². The van der Waals surface area contributed by atoms with Gasteiger partial charge < -0.3 is 14.6 Å². The first-order chi connectivity index (χ1) is 9.09. The van der Waals surface area contributed by atoms with Crippen LogP contribution in [0.1, 0.15) is 23.2 Å². The van der Waals surface area contributed by atoms with Crippen LogP contribution in [0.2, 0.25) is 10.0 Å². The molecule has 20 heavy (non-hydrogen) atoms. The van der Waals surface area contributed by atoms with Crippen molar-refractivity contribution >= 4 is 29.2 Å². The molecule has 0 atom stereocenters. The molecule has 0 N–H and O–H groups in total. The van der Waals surface area contributed by atoms with Gasteiger partial charge in [0.2, 0.25) is 0 Å². The average Bonchev–Trinajstić information content (AvgIpc) is 2.85. The van der Waals surface area contributed by atoms with Crippen LogP contribution in [-0.2, 0) is 0 Å². The first-order valence-electron chi connectivity index (χ1n) is 6.14. The minimum atomic E-state index is -1.40. The average molecular weight is 436 g/mol. The zero-order chi connectivity index (χ0) is 13.8. The Morgan fingerprint density at radius 3 is 2.55 bits per heavy atom. The Kier molecular flexibility index (Phi) is 8.87. The maximum absolute atomic E-state index is 10.9. The van der Waals surface area contributed by atoms with Gasteiger partial charge >= 0.3 is 68.9 Å². The summed E-state index contributed by atoms with van der Waals surface area (Å²) in [5.74, 6) is -1.08. The van der Waals surface area contributed by atoms with Gasteiger partial charge in [-0.05, 0) is 38.1 Å². The number of carbonyl (C=O) groups is 1. The number of nitrogens with zero attached hydrogens (tertiary/aromatic N) is 1. The van der Waals surface area contributed by atoms with Crippen molar-refractivity contribution in [1.82, 2.24) is 4.90 Å². The molecule has 4 nitrogen and oxygen atoms in total. The van der Waals surface area contributed by atoms with E-state index in [1.165, 1.54) is 18.9 Å². The van der Waals surface area contributed by atoms with Crippen molar-refractivity contribution in [3.63, 3.8) is 0 Å². The second-order valence-corrected chi connectivity index (χ2v) is 5.20. The molecule has 2 rings (SSSR count). The second-order valence-electron chi connectivity index (χ2n) is 4.42. The number of likely N-dealkylation sites (tertiary alicyclic amines) is 1. The topological polar surface area (TPSA) is 52.6 Å². The molecule has 1 aliphatic rings. The van der Waals surface area contributed by atoms with E-state index in [2.05, 4.69) is 4.90 Å². The fourth-order valence-corrected chi connectivity index (χ4v) is 2.70. The number of hydrogen-bond donors (Lipinski definition) is 0. The Balaban J connectivity index is 0.00000200. The summed E-state index contributed by atoms with van der Waals surface area (Å²) in [6, 6.07) is 3.02. The predicted octanol–water partition coefficient (Wildman–Crippen LogP) is -1.16. The Labute approximate surface area is 187 Å². The summed E-state index contributed by atoms with van der Waals surface area (Å²) in [5, 5.41) is 11.0. The molecule has 1 aliphatic heterocycles. The molecule has 0 amide bonds. The van der Waals surface area contributed by atoms with Crippen molar-refractivity contribution in [2.24, 2.45) is 0 Å². The van der Waals surface area contributed by atoms with Crippen molar-refractivity contribution < 1.29 is 83.5 Å². The molecule has 1 saturated heterocycles. The van der Waals surface area contributed by atoms with Gasteiger partial charge in [-0.1, -0.05) is 23.2 Å². The molecule has 0 bridgehead atoms. The summed E-state index contributed by atoms with van der Waals surface area (Å²) >= 11 is 11.7. The first kappa shape index (κ1) is 19.1. The molecule has 1 aromatic carbocycles. The summed E-state index contributed by atoms with van der Waals surface area (Å²) in [6.07, 6.45) is 2.44. The number of halogens is 2. The van der Waals surface area contributed by atoms with Crippen molar-refractivity contribution in [2.75, 3.05) is 26.2 Å². The molecule has 0 spiro atoms. The molecule has 1 aromatic rings. The Morgan fingerprint density at radius 2 is 1.95 bits per heavy atom. The SMILES string of the molecule is O=C([O-])c1c(Cl)ccc(OCCN2CCCC2)c1Cl.[Cs+]. The van der Waals surface area contributed by atoms with Crippen LogP contribution >= 0.6 is 23.2 Å². The third kappa shape index (κ3) is 5.07. The van der Waals surface area contributed by atoms with Gasteiger partial charge in [0.15, 0.2) is 0 Å². The zero-order valence-corrected chi connectivity index (χ0v) is 19.1. The van der Waals surface area contributed by atoms with Crippen LogP contribution in [0.15, 0.2) is 12.1 Å². The van der Waals surface area contributed by atoms with E-state index >= 15 is 0 Å². The van der Waals surface area contributed by atoms with Gasteiger partial charge in [-0.2, -0.15) is 0 Å². The van der Waals surface area contributed by atoms with E-state index in [0.717, 1.165) is 19.6 Å². The van der Waals surface area contributed by atoms with E-state index in [0.29, 0.717) is 12.4 Å². The molecule has 1 fully saturated rings. The Hall–Kier alpha value is 1.08. The zero-order valence-electron chi connectivity index (χ0n) is 11.3. The summed E-state index contributed by atoms with van der Waals surface area (Å²) in [6.45, 7) is 3.44. The molecule has 1 heterocycles. The monoisotopic (exact) mass is 435 g/mol. The third-order valence-corrected chi connectivity index (χ3v) is 3.81. The van der Waals surface area contributed by atoms with Gasteiger partial charge in [-0.3, -0.25) is 4.90 Å². The van der Waals surface area contributed by atoms with Gasteiger partial charge in [-0.15, -0.1) is 0 Å². The third-order valence-electron chi connectivity index (χ3n) is 3.12. The summed E-state index contributed by atoms with van der Waals surface area (Å²) in [5.41, 5.74) is -0.220. The van der Waals surface area contributed by atoms with Gasteiger partial charge in [0.05, 0.1) is 16.0 Å². The minimum absolute atomic E-state index is 0. The van der Waals surface area contributed by atoms with E-state index < -0.39 is 5.97 Å². The number of rotatable bonds is 5. The molecule has 0 saturated carbocycles. The quantitative estimate of drug-likeness (QED) is 0.585. The van der Waals surface area contributed by atoms with Crippen molar-refractivity contribution in [2.45, 2.75) is 12.8 Å². The largest absolute Gasteiger partial charge is 1.00 e. The van der Waals surface area contributed by atoms with E-state index in [-0.39, 0.29) is 84.5 Å². The van der Waals surface area contributed by atoms with Crippen molar-refractivity contribution in [1.29, 1.82) is 0 Å². The van der Waals surface area contributed by atoms with Crippen LogP contribution < -0.4 is 78.7 Å². The maximum Gasteiger partial charge on any atom is 1.00 e. The van der Waals surface area contributed by atoms with Crippen molar-refractivity contribution in [3.8, 4) is 5.75 Å². The van der Waals surface area contributed by atoms with E-state index in [1.54, 1.807) is 6.07 Å². The van der Waals surface area contributed by atoms with Gasteiger partial charge in [-0.25, -0.2) is 0 Å². The number of carboxylic acids is 1. The number of aromatic carboxylic acids is 1. The molecular weight excluding hydrogens is 422 g/mol. The van der Waals surface area contributed by atoms with E-state index in [1.807, 2.05) is 0 Å².